The summed E-state index contributed by atoms with van der Waals surface area (Å²) < 4.78 is 5.06. The highest BCUT2D eigenvalue weighted by Gasteiger charge is 2.26. The number of nitrogens with one attached hydrogen (secondary N) is 2. The van der Waals surface area contributed by atoms with Crippen molar-refractivity contribution < 1.29 is 14.3 Å². The maximum atomic E-state index is 11.2. The third-order valence-electron chi connectivity index (χ3n) is 2.00. The van der Waals surface area contributed by atoms with Crippen LogP contribution in [0.5, 0.6) is 0 Å². The van der Waals surface area contributed by atoms with Gasteiger partial charge in [0.25, 0.3) is 0 Å². The Kier molecular flexibility index (Phi) is 3.97. The van der Waals surface area contributed by atoms with Crippen molar-refractivity contribution in [3.63, 3.8) is 0 Å². The van der Waals surface area contributed by atoms with Crippen LogP contribution in [0.25, 0.3) is 0 Å². The fraction of sp³-hybridized carbons (Fsp3) is 0.364. The number of terminal acetylenes is 1. The number of furan rings is 1. The first kappa shape index (κ1) is 12.1. The van der Waals surface area contributed by atoms with Gasteiger partial charge < -0.3 is 20.2 Å². The molecule has 1 atom stereocenters. The summed E-state index contributed by atoms with van der Waals surface area (Å²) in [6.45, 7) is 1.74. The van der Waals surface area contributed by atoms with Crippen LogP contribution in [0.15, 0.2) is 22.8 Å². The molecule has 1 rings (SSSR count). The zero-order chi connectivity index (χ0) is 12.0. The van der Waals surface area contributed by atoms with E-state index in [1.807, 2.05) is 0 Å². The van der Waals surface area contributed by atoms with Gasteiger partial charge in [0.05, 0.1) is 19.4 Å². The summed E-state index contributed by atoms with van der Waals surface area (Å²) in [5.74, 6) is 2.66. The topological polar surface area (TPSA) is 74.5 Å². The van der Waals surface area contributed by atoms with Crippen LogP contribution < -0.4 is 10.6 Å². The first-order chi connectivity index (χ1) is 7.56. The molecule has 0 spiro atoms. The Morgan fingerprint density at radius 2 is 2.44 bits per heavy atom. The normalized spacial score (nSPS) is 13.6. The molecule has 0 saturated carbocycles. The molecule has 1 heterocycles. The number of carbonyl (C=O) groups excluding carboxylic acids is 1. The second kappa shape index (κ2) is 5.24. The predicted molar refractivity (Wildman–Crippen MR) is 58.5 cm³/mol. The molecule has 5 nitrogen and oxygen atoms in total. The van der Waals surface area contributed by atoms with E-state index >= 15 is 0 Å². The van der Waals surface area contributed by atoms with Crippen molar-refractivity contribution in [1.82, 2.24) is 10.6 Å². The number of hydrogen-bond donors (Lipinski definition) is 3. The Labute approximate surface area is 93.8 Å². The second-order valence-electron chi connectivity index (χ2n) is 3.49. The van der Waals surface area contributed by atoms with Crippen LogP contribution in [0.3, 0.4) is 0 Å². The lowest BCUT2D eigenvalue weighted by atomic mass is 10.0. The summed E-state index contributed by atoms with van der Waals surface area (Å²) in [6, 6.07) is 2.88. The minimum absolute atomic E-state index is 0.0386. The van der Waals surface area contributed by atoms with Crippen molar-refractivity contribution in [2.75, 3.05) is 13.1 Å². The quantitative estimate of drug-likeness (QED) is 0.646. The van der Waals surface area contributed by atoms with Crippen LogP contribution in [-0.2, 0) is 5.60 Å². The first-order valence-corrected chi connectivity index (χ1v) is 4.78. The van der Waals surface area contributed by atoms with Crippen molar-refractivity contribution in [3.8, 4) is 12.3 Å². The smallest absolute Gasteiger partial charge is 0.315 e. The van der Waals surface area contributed by atoms with Crippen LogP contribution in [-0.4, -0.2) is 24.2 Å². The molecule has 86 valence electrons. The minimum Gasteiger partial charge on any atom is -0.466 e. The van der Waals surface area contributed by atoms with Gasteiger partial charge in [-0.1, -0.05) is 5.92 Å². The molecule has 1 unspecified atom stereocenters. The maximum Gasteiger partial charge on any atom is 0.315 e. The van der Waals surface area contributed by atoms with E-state index in [4.69, 9.17) is 10.8 Å². The van der Waals surface area contributed by atoms with Crippen LogP contribution in [0.1, 0.15) is 12.7 Å². The number of carbonyl (C=O) groups is 1. The fourth-order valence-electron chi connectivity index (χ4n) is 1.12. The summed E-state index contributed by atoms with van der Waals surface area (Å²) in [5, 5.41) is 14.9. The molecule has 0 bridgehead atoms. The molecule has 5 heteroatoms. The summed E-state index contributed by atoms with van der Waals surface area (Å²) in [4.78, 5) is 11.2. The molecule has 16 heavy (non-hydrogen) atoms. The number of aliphatic hydroxyl groups is 1. The average molecular weight is 222 g/mol. The first-order valence-electron chi connectivity index (χ1n) is 4.78. The van der Waals surface area contributed by atoms with E-state index < -0.39 is 11.6 Å². The zero-order valence-corrected chi connectivity index (χ0v) is 8.99. The van der Waals surface area contributed by atoms with Gasteiger partial charge in [-0.3, -0.25) is 0 Å². The van der Waals surface area contributed by atoms with Crippen molar-refractivity contribution in [1.29, 1.82) is 0 Å². The van der Waals surface area contributed by atoms with E-state index in [0.29, 0.717) is 5.76 Å². The Balaban J connectivity index is 2.43. The van der Waals surface area contributed by atoms with Gasteiger partial charge in [0.15, 0.2) is 0 Å². The van der Waals surface area contributed by atoms with E-state index in [2.05, 4.69) is 16.6 Å². The van der Waals surface area contributed by atoms with E-state index in [9.17, 15) is 9.90 Å². The monoisotopic (exact) mass is 222 g/mol. The van der Waals surface area contributed by atoms with Crippen LogP contribution in [0, 0.1) is 12.3 Å². The van der Waals surface area contributed by atoms with Crippen LogP contribution in [0.2, 0.25) is 0 Å². The molecular formula is C11H14N2O3. The third kappa shape index (κ3) is 3.33. The van der Waals surface area contributed by atoms with Crippen molar-refractivity contribution in [2.24, 2.45) is 0 Å². The van der Waals surface area contributed by atoms with Gasteiger partial charge in [0.2, 0.25) is 0 Å². The SMILES string of the molecule is C#CCNC(=O)NCC(C)(O)c1ccco1. The molecule has 0 aromatic carbocycles. The lowest BCUT2D eigenvalue weighted by molar-refractivity contribution is 0.0368. The van der Waals surface area contributed by atoms with Gasteiger partial charge in [0, 0.05) is 0 Å². The highest BCUT2D eigenvalue weighted by molar-refractivity contribution is 5.74. The number of amides is 2. The van der Waals surface area contributed by atoms with E-state index in [-0.39, 0.29) is 13.1 Å². The average Bonchev–Trinajstić information content (AvgIpc) is 2.77. The molecule has 2 amide bonds. The molecule has 0 aliphatic rings. The van der Waals surface area contributed by atoms with Gasteiger partial charge in [0.1, 0.15) is 11.4 Å². The second-order valence-corrected chi connectivity index (χ2v) is 3.49. The summed E-state index contributed by atoms with van der Waals surface area (Å²) in [7, 11) is 0. The molecule has 3 N–H and O–H groups in total. The molecule has 0 radical (unpaired) electrons. The Morgan fingerprint density at radius 3 is 3.00 bits per heavy atom. The maximum absolute atomic E-state index is 11.2. The molecule has 0 fully saturated rings. The molecule has 0 saturated heterocycles. The highest BCUT2D eigenvalue weighted by atomic mass is 16.4. The summed E-state index contributed by atoms with van der Waals surface area (Å²) in [6.07, 6.45) is 6.44. The Bertz CT molecular complexity index is 376. The largest absolute Gasteiger partial charge is 0.466 e. The van der Waals surface area contributed by atoms with E-state index in [1.54, 1.807) is 19.1 Å². The van der Waals surface area contributed by atoms with Crippen molar-refractivity contribution in [3.05, 3.63) is 24.2 Å². The lowest BCUT2D eigenvalue weighted by Gasteiger charge is -2.21. The van der Waals surface area contributed by atoms with Gasteiger partial charge >= 0.3 is 6.03 Å². The molecule has 0 aliphatic heterocycles. The number of urea groups is 1. The predicted octanol–water partition coefficient (Wildman–Crippen LogP) is 0.420. The summed E-state index contributed by atoms with van der Waals surface area (Å²) >= 11 is 0. The molecule has 0 aliphatic carbocycles. The van der Waals surface area contributed by atoms with Gasteiger partial charge in [-0.15, -0.1) is 6.42 Å². The molecule has 1 aromatic heterocycles. The third-order valence-corrected chi connectivity index (χ3v) is 2.00. The summed E-state index contributed by atoms with van der Waals surface area (Å²) in [5.41, 5.74) is -1.24. The lowest BCUT2D eigenvalue weighted by Crippen LogP contribution is -2.43. The highest BCUT2D eigenvalue weighted by Crippen LogP contribution is 2.19. The molecule has 1 aromatic rings. The van der Waals surface area contributed by atoms with Crippen molar-refractivity contribution >= 4 is 6.03 Å². The minimum atomic E-state index is -1.24. The van der Waals surface area contributed by atoms with Gasteiger partial charge in [-0.05, 0) is 19.1 Å². The Morgan fingerprint density at radius 1 is 1.69 bits per heavy atom. The number of rotatable bonds is 4. The van der Waals surface area contributed by atoms with Gasteiger partial charge in [-0.25, -0.2) is 4.79 Å². The van der Waals surface area contributed by atoms with Crippen molar-refractivity contribution in [2.45, 2.75) is 12.5 Å². The van der Waals surface area contributed by atoms with Crippen LogP contribution >= 0.6 is 0 Å². The van der Waals surface area contributed by atoms with Gasteiger partial charge in [-0.2, -0.15) is 0 Å². The van der Waals surface area contributed by atoms with E-state index in [1.165, 1.54) is 6.26 Å². The van der Waals surface area contributed by atoms with E-state index in [0.717, 1.165) is 0 Å². The fourth-order valence-corrected chi connectivity index (χ4v) is 1.12. The zero-order valence-electron chi connectivity index (χ0n) is 8.99. The number of hydrogen-bond acceptors (Lipinski definition) is 3. The standard InChI is InChI=1S/C11H14N2O3/c1-3-6-12-10(14)13-8-11(2,15)9-5-4-7-16-9/h1,4-5,7,15H,6,8H2,2H3,(H2,12,13,14). The van der Waals surface area contributed by atoms with Crippen LogP contribution in [0.4, 0.5) is 4.79 Å². The Hall–Kier alpha value is -1.93. The molecular weight excluding hydrogens is 208 g/mol.